The van der Waals surface area contributed by atoms with Crippen molar-refractivity contribution in [1.29, 1.82) is 0 Å². The largest absolute Gasteiger partial charge is 0.389 e. The fraction of sp³-hybridized carbons (Fsp3) is 0.250. The first-order chi connectivity index (χ1) is 5.52. The zero-order valence-corrected chi connectivity index (χ0v) is 7.90. The van der Waals surface area contributed by atoms with E-state index in [0.717, 1.165) is 6.07 Å². The van der Waals surface area contributed by atoms with Gasteiger partial charge in [0.2, 0.25) is 0 Å². The van der Waals surface area contributed by atoms with E-state index in [1.165, 1.54) is 13.0 Å². The van der Waals surface area contributed by atoms with Crippen LogP contribution in [0.4, 0.5) is 8.78 Å². The summed E-state index contributed by atoms with van der Waals surface area (Å²) in [6.45, 7) is 1.38. The topological polar surface area (TPSA) is 20.2 Å². The molecular formula is C8H7BrF2O. The van der Waals surface area contributed by atoms with Crippen LogP contribution in [-0.2, 0) is 0 Å². The summed E-state index contributed by atoms with van der Waals surface area (Å²) in [6.07, 6.45) is -1.00. The average molecular weight is 237 g/mol. The molecule has 0 spiro atoms. The first-order valence-electron chi connectivity index (χ1n) is 3.35. The Hall–Kier alpha value is -0.480. The van der Waals surface area contributed by atoms with E-state index in [4.69, 9.17) is 5.11 Å². The molecule has 0 heterocycles. The minimum absolute atomic E-state index is 0.0399. The maximum atomic E-state index is 12.9. The summed E-state index contributed by atoms with van der Waals surface area (Å²) >= 11 is 3.00. The summed E-state index contributed by atoms with van der Waals surface area (Å²) in [5, 5.41) is 9.03. The molecule has 0 saturated heterocycles. The minimum Gasteiger partial charge on any atom is -0.389 e. The highest BCUT2D eigenvalue weighted by Crippen LogP contribution is 2.23. The lowest BCUT2D eigenvalue weighted by atomic mass is 10.1. The van der Waals surface area contributed by atoms with Gasteiger partial charge in [0, 0.05) is 10.0 Å². The van der Waals surface area contributed by atoms with Gasteiger partial charge < -0.3 is 5.11 Å². The van der Waals surface area contributed by atoms with Crippen LogP contribution in [0.25, 0.3) is 0 Å². The molecule has 1 nitrogen and oxygen atoms in total. The maximum absolute atomic E-state index is 12.9. The molecular weight excluding hydrogens is 230 g/mol. The van der Waals surface area contributed by atoms with Crippen LogP contribution in [0.5, 0.6) is 0 Å². The summed E-state index contributed by atoms with van der Waals surface area (Å²) in [6, 6.07) is 2.37. The van der Waals surface area contributed by atoms with Crippen LogP contribution in [0, 0.1) is 11.6 Å². The molecule has 0 saturated carbocycles. The number of halogens is 3. The number of hydrogen-bond acceptors (Lipinski definition) is 1. The second-order valence-corrected chi connectivity index (χ2v) is 3.38. The quantitative estimate of drug-likeness (QED) is 0.744. The third-order valence-electron chi connectivity index (χ3n) is 1.47. The standard InChI is InChI=1S/C8H7BrF2O/c1-4(12)6-2-5(9)3-7(10)8(6)11/h2-4,12H,1H3. The number of hydrogen-bond donors (Lipinski definition) is 1. The minimum atomic E-state index is -1.00. The number of rotatable bonds is 1. The first kappa shape index (κ1) is 9.61. The lowest BCUT2D eigenvalue weighted by molar-refractivity contribution is 0.192. The Morgan fingerprint density at radius 1 is 1.42 bits per heavy atom. The van der Waals surface area contributed by atoms with Gasteiger partial charge in [-0.1, -0.05) is 15.9 Å². The molecule has 1 N–H and O–H groups in total. The van der Waals surface area contributed by atoms with Gasteiger partial charge in [0.15, 0.2) is 11.6 Å². The molecule has 4 heteroatoms. The second-order valence-electron chi connectivity index (χ2n) is 2.47. The van der Waals surface area contributed by atoms with Crippen molar-refractivity contribution in [2.24, 2.45) is 0 Å². The van der Waals surface area contributed by atoms with E-state index < -0.39 is 17.7 Å². The highest BCUT2D eigenvalue weighted by molar-refractivity contribution is 9.10. The van der Waals surface area contributed by atoms with Crippen LogP contribution in [-0.4, -0.2) is 5.11 Å². The molecule has 66 valence electrons. The summed E-state index contributed by atoms with van der Waals surface area (Å²) in [5.74, 6) is -1.95. The highest BCUT2D eigenvalue weighted by atomic mass is 79.9. The van der Waals surface area contributed by atoms with Gasteiger partial charge in [-0.2, -0.15) is 0 Å². The van der Waals surface area contributed by atoms with E-state index in [0.29, 0.717) is 4.47 Å². The average Bonchev–Trinajstić information content (AvgIpc) is 1.96. The van der Waals surface area contributed by atoms with Crippen molar-refractivity contribution in [1.82, 2.24) is 0 Å². The van der Waals surface area contributed by atoms with Crippen LogP contribution >= 0.6 is 15.9 Å². The first-order valence-corrected chi connectivity index (χ1v) is 4.14. The molecule has 0 radical (unpaired) electrons. The smallest absolute Gasteiger partial charge is 0.164 e. The third-order valence-corrected chi connectivity index (χ3v) is 1.93. The Labute approximate surface area is 77.2 Å². The fourth-order valence-electron chi connectivity index (χ4n) is 0.880. The second kappa shape index (κ2) is 3.49. The van der Waals surface area contributed by atoms with Crippen molar-refractivity contribution in [2.45, 2.75) is 13.0 Å². The molecule has 1 aromatic rings. The van der Waals surface area contributed by atoms with Crippen molar-refractivity contribution in [3.05, 3.63) is 33.8 Å². The van der Waals surface area contributed by atoms with Crippen LogP contribution in [0.15, 0.2) is 16.6 Å². The number of benzene rings is 1. The molecule has 0 aromatic heterocycles. The molecule has 0 fully saturated rings. The fourth-order valence-corrected chi connectivity index (χ4v) is 1.33. The Kier molecular flexibility index (Phi) is 2.80. The van der Waals surface area contributed by atoms with Gasteiger partial charge in [0.1, 0.15) is 0 Å². The molecule has 1 atom stereocenters. The van der Waals surface area contributed by atoms with Gasteiger partial charge in [-0.25, -0.2) is 8.78 Å². The lowest BCUT2D eigenvalue weighted by Crippen LogP contribution is -1.98. The van der Waals surface area contributed by atoms with Crippen molar-refractivity contribution in [3.63, 3.8) is 0 Å². The van der Waals surface area contributed by atoms with E-state index >= 15 is 0 Å². The van der Waals surface area contributed by atoms with Crippen LogP contribution in [0.2, 0.25) is 0 Å². The van der Waals surface area contributed by atoms with Crippen LogP contribution < -0.4 is 0 Å². The lowest BCUT2D eigenvalue weighted by Gasteiger charge is -2.06. The number of aliphatic hydroxyl groups is 1. The van der Waals surface area contributed by atoms with E-state index in [2.05, 4.69) is 15.9 Å². The summed E-state index contributed by atoms with van der Waals surface area (Å²) in [7, 11) is 0. The molecule has 1 unspecified atom stereocenters. The van der Waals surface area contributed by atoms with E-state index in [9.17, 15) is 8.78 Å². The summed E-state index contributed by atoms with van der Waals surface area (Å²) in [5.41, 5.74) is -0.0399. The van der Waals surface area contributed by atoms with Crippen molar-refractivity contribution >= 4 is 15.9 Å². The predicted octanol–water partition coefficient (Wildman–Crippen LogP) is 2.78. The maximum Gasteiger partial charge on any atom is 0.164 e. The Bertz CT molecular complexity index is 299. The molecule has 12 heavy (non-hydrogen) atoms. The Morgan fingerprint density at radius 2 is 2.00 bits per heavy atom. The van der Waals surface area contributed by atoms with Gasteiger partial charge in [-0.3, -0.25) is 0 Å². The molecule has 0 aliphatic rings. The predicted molar refractivity (Wildman–Crippen MR) is 44.7 cm³/mol. The molecule has 0 aliphatic carbocycles. The molecule has 0 aliphatic heterocycles. The summed E-state index contributed by atoms with van der Waals surface area (Å²) in [4.78, 5) is 0. The molecule has 0 amide bonds. The van der Waals surface area contributed by atoms with Crippen LogP contribution in [0.1, 0.15) is 18.6 Å². The van der Waals surface area contributed by atoms with Gasteiger partial charge >= 0.3 is 0 Å². The Morgan fingerprint density at radius 3 is 2.50 bits per heavy atom. The van der Waals surface area contributed by atoms with E-state index in [1.54, 1.807) is 0 Å². The zero-order chi connectivity index (χ0) is 9.30. The number of aliphatic hydroxyl groups excluding tert-OH is 1. The van der Waals surface area contributed by atoms with Crippen molar-refractivity contribution in [2.75, 3.05) is 0 Å². The normalized spacial score (nSPS) is 13.1. The van der Waals surface area contributed by atoms with Gasteiger partial charge in [-0.15, -0.1) is 0 Å². The van der Waals surface area contributed by atoms with Crippen LogP contribution in [0.3, 0.4) is 0 Å². The van der Waals surface area contributed by atoms with E-state index in [1.807, 2.05) is 0 Å². The van der Waals surface area contributed by atoms with E-state index in [-0.39, 0.29) is 5.56 Å². The molecule has 0 bridgehead atoms. The Balaban J connectivity index is 3.28. The van der Waals surface area contributed by atoms with Crippen molar-refractivity contribution < 1.29 is 13.9 Å². The third kappa shape index (κ3) is 1.81. The summed E-state index contributed by atoms with van der Waals surface area (Å²) < 4.78 is 26.0. The van der Waals surface area contributed by atoms with Gasteiger partial charge in [0.05, 0.1) is 6.10 Å². The SMILES string of the molecule is CC(O)c1cc(Br)cc(F)c1F. The van der Waals surface area contributed by atoms with Crippen molar-refractivity contribution in [3.8, 4) is 0 Å². The highest BCUT2D eigenvalue weighted by Gasteiger charge is 2.13. The van der Waals surface area contributed by atoms with Gasteiger partial charge in [-0.05, 0) is 19.1 Å². The molecule has 1 rings (SSSR count). The van der Waals surface area contributed by atoms with Gasteiger partial charge in [0.25, 0.3) is 0 Å². The zero-order valence-electron chi connectivity index (χ0n) is 6.31. The molecule has 1 aromatic carbocycles. The monoisotopic (exact) mass is 236 g/mol.